The lowest BCUT2D eigenvalue weighted by Crippen LogP contribution is -2.53. The number of Topliss-reactive ketones (excluding diaryl/α,β-unsaturated/α-hetero) is 1. The second kappa shape index (κ2) is 16.1. The van der Waals surface area contributed by atoms with Crippen LogP contribution in [-0.2, 0) is 16.1 Å². The van der Waals surface area contributed by atoms with Gasteiger partial charge in [-0.25, -0.2) is 0 Å². The van der Waals surface area contributed by atoms with Gasteiger partial charge in [-0.2, -0.15) is 5.26 Å². The van der Waals surface area contributed by atoms with Gasteiger partial charge in [-0.3, -0.25) is 19.2 Å². The zero-order chi connectivity index (χ0) is 33.1. The number of rotatable bonds is 14. The summed E-state index contributed by atoms with van der Waals surface area (Å²) in [5.41, 5.74) is 2.88. The number of carbonyl (C=O) groups excluding carboxylic acids is 4. The third kappa shape index (κ3) is 10.2. The molecule has 0 saturated heterocycles. The monoisotopic (exact) mass is 614 g/mol. The molecule has 1 heterocycles. The Bertz CT molecular complexity index is 1590. The number of aryl methyl sites for hydroxylation is 2. The summed E-state index contributed by atoms with van der Waals surface area (Å²) in [4.78, 5) is 52.4. The van der Waals surface area contributed by atoms with Crippen LogP contribution in [0.2, 0.25) is 0 Å². The van der Waals surface area contributed by atoms with E-state index in [0.29, 0.717) is 23.4 Å². The normalized spacial score (nSPS) is 13.2. The molecule has 12 heteroatoms. The van der Waals surface area contributed by atoms with E-state index in [9.17, 15) is 29.5 Å². The number of aliphatic hydroxyl groups is 1. The summed E-state index contributed by atoms with van der Waals surface area (Å²) in [6.45, 7) is 5.77. The molecular weight excluding hydrogens is 576 g/mol. The quantitative estimate of drug-likeness (QED) is 0.121. The van der Waals surface area contributed by atoms with Crippen molar-refractivity contribution in [2.45, 2.75) is 51.9 Å². The van der Waals surface area contributed by atoms with E-state index < -0.39 is 35.9 Å². The molecule has 0 unspecified atom stereocenters. The minimum atomic E-state index is -1.62. The van der Waals surface area contributed by atoms with Crippen LogP contribution >= 0.6 is 0 Å². The smallest absolute Gasteiger partial charge is 0.273 e. The van der Waals surface area contributed by atoms with E-state index in [2.05, 4.69) is 21.1 Å². The lowest BCUT2D eigenvalue weighted by molar-refractivity contribution is -0.131. The number of hydrogen-bond donors (Lipinski definition) is 4. The molecule has 0 spiro atoms. The van der Waals surface area contributed by atoms with Crippen LogP contribution in [0.5, 0.6) is 0 Å². The highest BCUT2D eigenvalue weighted by Gasteiger charge is 2.28. The topological polar surface area (TPSA) is 178 Å². The second-order valence-electron chi connectivity index (χ2n) is 11.0. The lowest BCUT2D eigenvalue weighted by Gasteiger charge is -2.24. The number of amides is 3. The Balaban J connectivity index is 1.73. The predicted octanol–water partition coefficient (Wildman–Crippen LogP) is 2.31. The van der Waals surface area contributed by atoms with Gasteiger partial charge in [-0.05, 0) is 44.0 Å². The molecule has 3 aromatic rings. The highest BCUT2D eigenvalue weighted by molar-refractivity contribution is 6.02. The Hall–Kier alpha value is -5.12. The Morgan fingerprint density at radius 1 is 1.07 bits per heavy atom. The molecule has 12 nitrogen and oxygen atoms in total. The zero-order valence-electron chi connectivity index (χ0n) is 26.0. The molecule has 2 aromatic carbocycles. The SMILES string of the molecule is Cc1ccc(CNC[C@H](CC(=O)c2cccc(C=C(C#N)C(=O)N(C)C)c2)NC(=O)[C@H](O)[C@H](C)NC(=O)c2cc(C)on2)cc1. The van der Waals surface area contributed by atoms with Crippen molar-refractivity contribution in [1.29, 1.82) is 5.26 Å². The second-order valence-corrected chi connectivity index (χ2v) is 11.0. The minimum Gasteiger partial charge on any atom is -0.381 e. The Morgan fingerprint density at radius 2 is 1.78 bits per heavy atom. The summed E-state index contributed by atoms with van der Waals surface area (Å²) >= 11 is 0. The van der Waals surface area contributed by atoms with Crippen molar-refractivity contribution in [3.8, 4) is 6.07 Å². The first-order chi connectivity index (χ1) is 21.4. The van der Waals surface area contributed by atoms with Crippen molar-refractivity contribution in [2.24, 2.45) is 0 Å². The van der Waals surface area contributed by atoms with Gasteiger partial charge < -0.3 is 30.5 Å². The van der Waals surface area contributed by atoms with Crippen molar-refractivity contribution in [2.75, 3.05) is 20.6 Å². The molecule has 0 aliphatic heterocycles. The first kappa shape index (κ1) is 34.4. The molecule has 0 fully saturated rings. The van der Waals surface area contributed by atoms with Gasteiger partial charge in [-0.1, -0.05) is 53.2 Å². The fourth-order valence-corrected chi connectivity index (χ4v) is 4.31. The summed E-state index contributed by atoms with van der Waals surface area (Å²) in [6.07, 6.45) is -0.329. The third-order valence-electron chi connectivity index (χ3n) is 6.86. The van der Waals surface area contributed by atoms with Crippen LogP contribution in [0.1, 0.15) is 56.6 Å². The maximum Gasteiger partial charge on any atom is 0.273 e. The number of hydrogen-bond acceptors (Lipinski definition) is 9. The van der Waals surface area contributed by atoms with E-state index >= 15 is 0 Å². The number of benzene rings is 2. The Morgan fingerprint density at radius 3 is 2.40 bits per heavy atom. The first-order valence-corrected chi connectivity index (χ1v) is 14.3. The predicted molar refractivity (Wildman–Crippen MR) is 167 cm³/mol. The van der Waals surface area contributed by atoms with Crippen molar-refractivity contribution >= 4 is 29.6 Å². The number of aliphatic hydroxyl groups excluding tert-OH is 1. The molecular formula is C33H38N6O6. The standard InChI is InChI=1S/C33H38N6O6/c1-20-9-11-23(12-10-20)18-35-19-27(37-32(43)30(41)22(3)36-31(42)28-13-21(2)45-38-28)16-29(40)25-8-6-7-24(14-25)15-26(17-34)33(44)39(4)5/h6-15,22,27,30,35,41H,16,18-19H2,1-5H3,(H,36,42)(H,37,43)/t22-,27-,30+/m0/s1. The maximum absolute atomic E-state index is 13.4. The molecule has 0 aliphatic carbocycles. The molecule has 0 radical (unpaired) electrons. The number of nitrogens with zero attached hydrogens (tertiary/aromatic N) is 3. The molecule has 4 N–H and O–H groups in total. The number of ketones is 1. The molecule has 3 rings (SSSR count). The molecule has 0 aliphatic rings. The molecule has 0 bridgehead atoms. The summed E-state index contributed by atoms with van der Waals surface area (Å²) in [7, 11) is 3.08. The maximum atomic E-state index is 13.4. The highest BCUT2D eigenvalue weighted by Crippen LogP contribution is 2.14. The van der Waals surface area contributed by atoms with E-state index in [1.54, 1.807) is 31.2 Å². The van der Waals surface area contributed by atoms with Gasteiger partial charge in [0.05, 0.1) is 6.04 Å². The van der Waals surface area contributed by atoms with Gasteiger partial charge in [-0.15, -0.1) is 0 Å². The molecule has 1 aromatic heterocycles. The Kier molecular flexibility index (Phi) is 12.3. The summed E-state index contributed by atoms with van der Waals surface area (Å²) in [5, 5.41) is 32.3. The molecule has 45 heavy (non-hydrogen) atoms. The van der Waals surface area contributed by atoms with Crippen LogP contribution in [0.4, 0.5) is 0 Å². The van der Waals surface area contributed by atoms with E-state index in [4.69, 9.17) is 4.52 Å². The number of carbonyl (C=O) groups is 4. The van der Waals surface area contributed by atoms with Crippen LogP contribution in [-0.4, -0.2) is 77.5 Å². The van der Waals surface area contributed by atoms with Crippen LogP contribution in [0.25, 0.3) is 6.08 Å². The number of aromatic nitrogens is 1. The summed E-state index contributed by atoms with van der Waals surface area (Å²) in [6, 6.07) is 16.0. The third-order valence-corrected chi connectivity index (χ3v) is 6.86. The van der Waals surface area contributed by atoms with Crippen molar-refractivity contribution in [1.82, 2.24) is 26.0 Å². The van der Waals surface area contributed by atoms with Crippen molar-refractivity contribution in [3.63, 3.8) is 0 Å². The van der Waals surface area contributed by atoms with E-state index in [1.807, 2.05) is 37.3 Å². The highest BCUT2D eigenvalue weighted by atomic mass is 16.5. The van der Waals surface area contributed by atoms with Crippen LogP contribution < -0.4 is 16.0 Å². The van der Waals surface area contributed by atoms with Gasteiger partial charge in [0.2, 0.25) is 0 Å². The van der Waals surface area contributed by atoms with Crippen molar-refractivity contribution in [3.05, 3.63) is 93.9 Å². The fourth-order valence-electron chi connectivity index (χ4n) is 4.31. The van der Waals surface area contributed by atoms with Crippen LogP contribution in [0, 0.1) is 25.2 Å². The van der Waals surface area contributed by atoms with Gasteiger partial charge in [0.25, 0.3) is 17.7 Å². The number of nitrogens with one attached hydrogen (secondary N) is 3. The lowest BCUT2D eigenvalue weighted by atomic mass is 10.00. The summed E-state index contributed by atoms with van der Waals surface area (Å²) < 4.78 is 4.90. The number of nitriles is 1. The molecule has 3 amide bonds. The van der Waals surface area contributed by atoms with Gasteiger partial charge in [0.1, 0.15) is 17.4 Å². The summed E-state index contributed by atoms with van der Waals surface area (Å²) in [5.74, 6) is -1.71. The zero-order valence-corrected chi connectivity index (χ0v) is 26.0. The van der Waals surface area contributed by atoms with Crippen molar-refractivity contribution < 1.29 is 28.8 Å². The molecule has 0 saturated carbocycles. The fraction of sp³-hybridized carbons (Fsp3) is 0.333. The average molecular weight is 615 g/mol. The molecule has 236 valence electrons. The van der Waals surface area contributed by atoms with E-state index in [1.165, 1.54) is 38.1 Å². The van der Waals surface area contributed by atoms with Gasteiger partial charge in [0, 0.05) is 51.3 Å². The molecule has 3 atom stereocenters. The number of likely N-dealkylation sites (N-methyl/N-ethyl adjacent to an activating group) is 1. The first-order valence-electron chi connectivity index (χ1n) is 14.3. The minimum absolute atomic E-state index is 0.0146. The van der Waals surface area contributed by atoms with Gasteiger partial charge in [0.15, 0.2) is 17.6 Å². The van der Waals surface area contributed by atoms with Gasteiger partial charge >= 0.3 is 0 Å². The van der Waals surface area contributed by atoms with Crippen LogP contribution in [0.3, 0.4) is 0 Å². The Labute approximate surface area is 262 Å². The van der Waals surface area contributed by atoms with Crippen LogP contribution in [0.15, 0.2) is 64.7 Å². The average Bonchev–Trinajstić information content (AvgIpc) is 3.46. The largest absolute Gasteiger partial charge is 0.381 e. The van der Waals surface area contributed by atoms with E-state index in [-0.39, 0.29) is 30.0 Å². The van der Waals surface area contributed by atoms with E-state index in [0.717, 1.165) is 11.1 Å².